The normalized spacial score (nSPS) is 16.3. The fraction of sp³-hybridized carbons (Fsp3) is 0.429. The summed E-state index contributed by atoms with van der Waals surface area (Å²) in [4.78, 5) is 0.188. The van der Waals surface area contributed by atoms with E-state index in [1.54, 1.807) is 19.2 Å². The number of aryl methyl sites for hydroxylation is 1. The summed E-state index contributed by atoms with van der Waals surface area (Å²) in [5.41, 5.74) is 1.85. The Morgan fingerprint density at radius 2 is 1.67 bits per heavy atom. The molecular formula is C21H27NO4S. The van der Waals surface area contributed by atoms with Crippen LogP contribution >= 0.6 is 0 Å². The molecule has 5 nitrogen and oxygen atoms in total. The van der Waals surface area contributed by atoms with Gasteiger partial charge in [-0.2, -0.15) is 0 Å². The van der Waals surface area contributed by atoms with Crippen LogP contribution in [0.25, 0.3) is 0 Å². The Morgan fingerprint density at radius 3 is 2.26 bits per heavy atom. The van der Waals surface area contributed by atoms with Crippen LogP contribution in [0.1, 0.15) is 36.8 Å². The summed E-state index contributed by atoms with van der Waals surface area (Å²) in [6.07, 6.45) is 4.13. The summed E-state index contributed by atoms with van der Waals surface area (Å²) in [5.74, 6) is 1.16. The molecule has 1 fully saturated rings. The standard InChI is InChI=1S/C21H27NO4S/c1-16-6-11-19(26-3)20(14-16)27(23,24)22-15-21(12-4-5-13-21)17-7-9-18(25-2)10-8-17/h6-11,14,22H,4-5,12-13,15H2,1-3H3. The Morgan fingerprint density at radius 1 is 1.00 bits per heavy atom. The van der Waals surface area contributed by atoms with E-state index >= 15 is 0 Å². The number of ether oxygens (including phenoxy) is 2. The molecule has 2 aromatic carbocycles. The summed E-state index contributed by atoms with van der Waals surface area (Å²) in [6.45, 7) is 2.24. The number of nitrogens with one attached hydrogen (secondary N) is 1. The summed E-state index contributed by atoms with van der Waals surface area (Å²) < 4.78 is 39.3. The second kappa shape index (κ2) is 7.90. The SMILES string of the molecule is COc1ccc(C2(CNS(=O)(=O)c3cc(C)ccc3OC)CCCC2)cc1. The molecule has 0 heterocycles. The van der Waals surface area contributed by atoms with Crippen LogP contribution < -0.4 is 14.2 Å². The van der Waals surface area contributed by atoms with Gasteiger partial charge in [0.25, 0.3) is 0 Å². The average Bonchev–Trinajstić information content (AvgIpc) is 3.17. The van der Waals surface area contributed by atoms with Crippen molar-refractivity contribution in [2.24, 2.45) is 0 Å². The van der Waals surface area contributed by atoms with Crippen molar-refractivity contribution in [1.29, 1.82) is 0 Å². The molecule has 1 N–H and O–H groups in total. The van der Waals surface area contributed by atoms with Gasteiger partial charge in [-0.05, 0) is 55.2 Å². The topological polar surface area (TPSA) is 64.6 Å². The molecule has 0 amide bonds. The second-order valence-corrected chi connectivity index (χ2v) is 8.93. The third-order valence-corrected chi connectivity index (χ3v) is 6.89. The van der Waals surface area contributed by atoms with Crippen LogP contribution in [0.2, 0.25) is 0 Å². The lowest BCUT2D eigenvalue weighted by Gasteiger charge is -2.30. The third-order valence-electron chi connectivity index (χ3n) is 5.47. The van der Waals surface area contributed by atoms with Gasteiger partial charge in [0.05, 0.1) is 14.2 Å². The number of hydrogen-bond acceptors (Lipinski definition) is 4. The minimum Gasteiger partial charge on any atom is -0.497 e. The fourth-order valence-corrected chi connectivity index (χ4v) is 5.25. The Kier molecular flexibility index (Phi) is 5.77. The molecule has 1 aliphatic carbocycles. The lowest BCUT2D eigenvalue weighted by Crippen LogP contribution is -2.39. The van der Waals surface area contributed by atoms with Crippen molar-refractivity contribution in [3.8, 4) is 11.5 Å². The Balaban J connectivity index is 1.86. The molecule has 0 atom stereocenters. The summed E-state index contributed by atoms with van der Waals surface area (Å²) in [5, 5.41) is 0. The molecular weight excluding hydrogens is 362 g/mol. The van der Waals surface area contributed by atoms with Crippen molar-refractivity contribution >= 4 is 10.0 Å². The van der Waals surface area contributed by atoms with Gasteiger partial charge in [-0.25, -0.2) is 13.1 Å². The first-order chi connectivity index (χ1) is 12.9. The maximum Gasteiger partial charge on any atom is 0.244 e. The Hall–Kier alpha value is -2.05. The monoisotopic (exact) mass is 389 g/mol. The molecule has 2 aromatic rings. The highest BCUT2D eigenvalue weighted by Gasteiger charge is 2.37. The number of sulfonamides is 1. The summed E-state index contributed by atoms with van der Waals surface area (Å²) >= 11 is 0. The van der Waals surface area contributed by atoms with Gasteiger partial charge >= 0.3 is 0 Å². The zero-order chi connectivity index (χ0) is 19.5. The van der Waals surface area contributed by atoms with Crippen LogP contribution in [0.15, 0.2) is 47.4 Å². The molecule has 0 aliphatic heterocycles. The lowest BCUT2D eigenvalue weighted by atomic mass is 9.79. The highest BCUT2D eigenvalue weighted by molar-refractivity contribution is 7.89. The summed E-state index contributed by atoms with van der Waals surface area (Å²) in [7, 11) is -0.543. The first-order valence-corrected chi connectivity index (χ1v) is 10.7. The van der Waals surface area contributed by atoms with Crippen molar-refractivity contribution in [3.05, 3.63) is 53.6 Å². The van der Waals surface area contributed by atoms with Gasteiger partial charge in [0, 0.05) is 12.0 Å². The molecule has 0 aromatic heterocycles. The van der Waals surface area contributed by atoms with Crippen LogP contribution in [-0.4, -0.2) is 29.2 Å². The van der Waals surface area contributed by atoms with Gasteiger partial charge in [-0.3, -0.25) is 0 Å². The molecule has 1 saturated carbocycles. The van der Waals surface area contributed by atoms with Crippen molar-refractivity contribution in [3.63, 3.8) is 0 Å². The van der Waals surface area contributed by atoms with E-state index in [0.29, 0.717) is 12.3 Å². The fourth-order valence-electron chi connectivity index (χ4n) is 3.87. The van der Waals surface area contributed by atoms with Gasteiger partial charge in [-0.15, -0.1) is 0 Å². The molecule has 3 rings (SSSR count). The predicted octanol–water partition coefficient (Wildman–Crippen LogP) is 3.80. The van der Waals surface area contributed by atoms with Gasteiger partial charge in [0.15, 0.2) is 0 Å². The van der Waals surface area contributed by atoms with E-state index in [-0.39, 0.29) is 10.3 Å². The van der Waals surface area contributed by atoms with E-state index in [0.717, 1.165) is 42.6 Å². The van der Waals surface area contributed by atoms with E-state index in [4.69, 9.17) is 9.47 Å². The quantitative estimate of drug-likeness (QED) is 0.782. The zero-order valence-electron chi connectivity index (χ0n) is 16.1. The van der Waals surface area contributed by atoms with Gasteiger partial charge in [0.1, 0.15) is 16.4 Å². The van der Waals surface area contributed by atoms with Crippen molar-refractivity contribution in [2.45, 2.75) is 42.9 Å². The van der Waals surface area contributed by atoms with Gasteiger partial charge in [0.2, 0.25) is 10.0 Å². The van der Waals surface area contributed by atoms with E-state index in [1.165, 1.54) is 7.11 Å². The maximum atomic E-state index is 13.0. The van der Waals surface area contributed by atoms with Crippen LogP contribution in [-0.2, 0) is 15.4 Å². The predicted molar refractivity (Wildman–Crippen MR) is 106 cm³/mol. The molecule has 0 bridgehead atoms. The zero-order valence-corrected chi connectivity index (χ0v) is 16.9. The molecule has 0 spiro atoms. The first-order valence-electron chi connectivity index (χ1n) is 9.19. The molecule has 27 heavy (non-hydrogen) atoms. The second-order valence-electron chi connectivity index (χ2n) is 7.19. The minimum absolute atomic E-state index is 0.184. The number of rotatable bonds is 7. The van der Waals surface area contributed by atoms with Crippen LogP contribution in [0.3, 0.4) is 0 Å². The highest BCUT2D eigenvalue weighted by atomic mass is 32.2. The van der Waals surface area contributed by atoms with Crippen LogP contribution in [0.5, 0.6) is 11.5 Å². The first kappa shape index (κ1) is 19.7. The Bertz CT molecular complexity index is 885. The highest BCUT2D eigenvalue weighted by Crippen LogP contribution is 2.41. The molecule has 6 heteroatoms. The molecule has 1 aliphatic rings. The van der Waals surface area contributed by atoms with Crippen LogP contribution in [0, 0.1) is 6.92 Å². The van der Waals surface area contributed by atoms with E-state index in [2.05, 4.69) is 4.72 Å². The lowest BCUT2D eigenvalue weighted by molar-refractivity contribution is 0.400. The van der Waals surface area contributed by atoms with E-state index < -0.39 is 10.0 Å². The molecule has 0 saturated heterocycles. The molecule has 146 valence electrons. The molecule has 0 unspecified atom stereocenters. The van der Waals surface area contributed by atoms with Crippen molar-refractivity contribution < 1.29 is 17.9 Å². The smallest absolute Gasteiger partial charge is 0.244 e. The number of methoxy groups -OCH3 is 2. The van der Waals surface area contributed by atoms with Crippen molar-refractivity contribution in [2.75, 3.05) is 20.8 Å². The van der Waals surface area contributed by atoms with Crippen molar-refractivity contribution in [1.82, 2.24) is 4.72 Å². The van der Waals surface area contributed by atoms with Gasteiger partial charge in [-0.1, -0.05) is 31.0 Å². The number of hydrogen-bond donors (Lipinski definition) is 1. The minimum atomic E-state index is -3.67. The van der Waals surface area contributed by atoms with Crippen LogP contribution in [0.4, 0.5) is 0 Å². The summed E-state index contributed by atoms with van der Waals surface area (Å²) in [6, 6.07) is 13.2. The third kappa shape index (κ3) is 4.12. The van der Waals surface area contributed by atoms with E-state index in [1.807, 2.05) is 37.3 Å². The van der Waals surface area contributed by atoms with Gasteiger partial charge < -0.3 is 9.47 Å². The average molecular weight is 390 g/mol. The Labute approximate surface area is 161 Å². The largest absolute Gasteiger partial charge is 0.497 e. The maximum absolute atomic E-state index is 13.0. The van der Waals surface area contributed by atoms with E-state index in [9.17, 15) is 8.42 Å². The molecule has 0 radical (unpaired) electrons. The number of benzene rings is 2.